The van der Waals surface area contributed by atoms with Gasteiger partial charge in [-0.15, -0.1) is 0 Å². The predicted molar refractivity (Wildman–Crippen MR) is 101 cm³/mol. The van der Waals surface area contributed by atoms with Gasteiger partial charge in [-0.25, -0.2) is 18.4 Å². The maximum atomic E-state index is 12.8. The molecule has 166 valence electrons. The van der Waals surface area contributed by atoms with Crippen LogP contribution in [0.25, 0.3) is 0 Å². The lowest BCUT2D eigenvalue weighted by atomic mass is 10.1. The van der Waals surface area contributed by atoms with E-state index in [9.17, 15) is 21.6 Å². The number of aromatic nitrogens is 4. The summed E-state index contributed by atoms with van der Waals surface area (Å²) in [6.45, 7) is 2.71. The number of alkyl halides is 3. The molecule has 1 unspecified atom stereocenters. The molecule has 0 aliphatic carbocycles. The molecule has 1 atom stereocenters. The Morgan fingerprint density at radius 1 is 1.23 bits per heavy atom. The second kappa shape index (κ2) is 8.86. The molecular weight excluding hydrogens is 425 g/mol. The number of aliphatic hydroxyl groups excluding tert-OH is 1. The molecule has 3 heterocycles. The van der Waals surface area contributed by atoms with Gasteiger partial charge in [0.1, 0.15) is 4.90 Å². The van der Waals surface area contributed by atoms with Crippen LogP contribution in [0, 0.1) is 5.92 Å². The van der Waals surface area contributed by atoms with E-state index in [0.717, 1.165) is 0 Å². The number of rotatable bonds is 7. The third kappa shape index (κ3) is 5.26. The molecule has 0 saturated carbocycles. The number of piperidine rings is 1. The first-order valence-corrected chi connectivity index (χ1v) is 10.8. The summed E-state index contributed by atoms with van der Waals surface area (Å²) in [6, 6.07) is -0.152. The maximum Gasteiger partial charge on any atom is 0.419 e. The third-order valence-electron chi connectivity index (χ3n) is 4.82. The van der Waals surface area contributed by atoms with Crippen LogP contribution < -0.4 is 5.32 Å². The molecule has 30 heavy (non-hydrogen) atoms. The summed E-state index contributed by atoms with van der Waals surface area (Å²) in [5.41, 5.74) is -0.928. The highest BCUT2D eigenvalue weighted by molar-refractivity contribution is 7.89. The van der Waals surface area contributed by atoms with Gasteiger partial charge in [-0.1, -0.05) is 6.92 Å². The summed E-state index contributed by atoms with van der Waals surface area (Å²) in [5, 5.41) is 16.1. The zero-order chi connectivity index (χ0) is 21.9. The van der Waals surface area contributed by atoms with Gasteiger partial charge >= 0.3 is 6.18 Å². The van der Waals surface area contributed by atoms with E-state index < -0.39 is 21.8 Å². The molecule has 0 spiro atoms. The zero-order valence-corrected chi connectivity index (χ0v) is 17.1. The first-order chi connectivity index (χ1) is 14.1. The van der Waals surface area contributed by atoms with Gasteiger partial charge in [0.2, 0.25) is 16.0 Å². The second-order valence-electron chi connectivity index (χ2n) is 7.30. The Kier molecular flexibility index (Phi) is 6.62. The Bertz CT molecular complexity index is 940. The minimum absolute atomic E-state index is 0.0227. The van der Waals surface area contributed by atoms with E-state index in [1.165, 1.54) is 21.4 Å². The van der Waals surface area contributed by atoms with E-state index in [2.05, 4.69) is 20.4 Å². The van der Waals surface area contributed by atoms with Crippen molar-refractivity contribution in [3.8, 4) is 0 Å². The minimum Gasteiger partial charge on any atom is -0.396 e. The van der Waals surface area contributed by atoms with Crippen molar-refractivity contribution in [2.24, 2.45) is 5.92 Å². The number of hydrogen-bond donors (Lipinski definition) is 2. The van der Waals surface area contributed by atoms with Crippen molar-refractivity contribution < 1.29 is 26.7 Å². The maximum absolute atomic E-state index is 12.8. The Balaban J connectivity index is 1.57. The van der Waals surface area contributed by atoms with Gasteiger partial charge in [0.25, 0.3) is 0 Å². The second-order valence-corrected chi connectivity index (χ2v) is 9.24. The molecule has 3 rings (SSSR count). The van der Waals surface area contributed by atoms with Crippen LogP contribution in [-0.4, -0.2) is 63.3 Å². The SMILES string of the molecule is CC(CO)Cn1cc(S(=O)(=O)N2CCC(Nc3ncc(C(F)(F)F)cn3)CC2)cn1. The lowest BCUT2D eigenvalue weighted by Gasteiger charge is -2.31. The van der Waals surface area contributed by atoms with Gasteiger partial charge in [-0.05, 0) is 18.8 Å². The lowest BCUT2D eigenvalue weighted by Crippen LogP contribution is -2.42. The fraction of sp³-hybridized carbons (Fsp3) is 0.588. The smallest absolute Gasteiger partial charge is 0.396 e. The van der Waals surface area contributed by atoms with Crippen molar-refractivity contribution in [1.82, 2.24) is 24.1 Å². The van der Waals surface area contributed by atoms with Crippen molar-refractivity contribution in [2.45, 2.75) is 43.4 Å². The number of nitrogens with one attached hydrogen (secondary N) is 1. The minimum atomic E-state index is -4.50. The van der Waals surface area contributed by atoms with E-state index in [1.807, 2.05) is 6.92 Å². The molecule has 1 saturated heterocycles. The molecule has 2 aromatic rings. The quantitative estimate of drug-likeness (QED) is 0.661. The van der Waals surface area contributed by atoms with Crippen molar-refractivity contribution in [1.29, 1.82) is 0 Å². The van der Waals surface area contributed by atoms with Gasteiger partial charge in [-0.3, -0.25) is 4.68 Å². The molecular formula is C17H23F3N6O3S. The Hall–Kier alpha value is -2.25. The van der Waals surface area contributed by atoms with E-state index in [0.29, 0.717) is 31.8 Å². The van der Waals surface area contributed by atoms with E-state index >= 15 is 0 Å². The van der Waals surface area contributed by atoms with Crippen molar-refractivity contribution in [3.05, 3.63) is 30.4 Å². The molecule has 13 heteroatoms. The Morgan fingerprint density at radius 3 is 2.43 bits per heavy atom. The van der Waals surface area contributed by atoms with Crippen molar-refractivity contribution in [2.75, 3.05) is 25.0 Å². The summed E-state index contributed by atoms with van der Waals surface area (Å²) in [5.74, 6) is 0.0262. The molecule has 1 aliphatic rings. The largest absolute Gasteiger partial charge is 0.419 e. The first kappa shape index (κ1) is 22.4. The topological polar surface area (TPSA) is 113 Å². The molecule has 1 aliphatic heterocycles. The van der Waals surface area contributed by atoms with Crippen LogP contribution in [-0.2, 0) is 22.7 Å². The monoisotopic (exact) mass is 448 g/mol. The fourth-order valence-electron chi connectivity index (χ4n) is 3.08. The molecule has 0 amide bonds. The summed E-state index contributed by atoms with van der Waals surface area (Å²) in [7, 11) is -3.70. The van der Waals surface area contributed by atoms with Gasteiger partial charge in [0, 0.05) is 50.9 Å². The average Bonchev–Trinajstić information content (AvgIpc) is 3.17. The summed E-state index contributed by atoms with van der Waals surface area (Å²) >= 11 is 0. The number of hydrogen-bond acceptors (Lipinski definition) is 7. The number of anilines is 1. The Morgan fingerprint density at radius 2 is 1.87 bits per heavy atom. The van der Waals surface area contributed by atoms with Crippen LogP contribution in [0.15, 0.2) is 29.7 Å². The molecule has 1 fully saturated rings. The molecule has 0 bridgehead atoms. The van der Waals surface area contributed by atoms with Crippen LogP contribution in [0.1, 0.15) is 25.3 Å². The van der Waals surface area contributed by atoms with E-state index in [-0.39, 0.29) is 42.5 Å². The highest BCUT2D eigenvalue weighted by Gasteiger charge is 2.32. The van der Waals surface area contributed by atoms with E-state index in [1.54, 1.807) is 0 Å². The standard InChI is InChI=1S/C17H23F3N6O3S/c1-12(11-27)9-25-10-15(8-23-25)30(28,29)26-4-2-14(3-5-26)24-16-21-6-13(7-22-16)17(18,19)20/h6-8,10,12,14,27H,2-5,9,11H2,1H3,(H,21,22,24). The zero-order valence-electron chi connectivity index (χ0n) is 16.2. The van der Waals surface area contributed by atoms with Crippen molar-refractivity contribution >= 4 is 16.0 Å². The molecule has 0 radical (unpaired) electrons. The number of aliphatic hydroxyl groups is 1. The van der Waals surface area contributed by atoms with Crippen molar-refractivity contribution in [3.63, 3.8) is 0 Å². The third-order valence-corrected chi connectivity index (χ3v) is 6.68. The van der Waals surface area contributed by atoms with E-state index in [4.69, 9.17) is 5.11 Å². The number of sulfonamides is 1. The van der Waals surface area contributed by atoms with Crippen LogP contribution >= 0.6 is 0 Å². The lowest BCUT2D eigenvalue weighted by molar-refractivity contribution is -0.138. The average molecular weight is 448 g/mol. The number of nitrogens with zero attached hydrogens (tertiary/aromatic N) is 5. The highest BCUT2D eigenvalue weighted by atomic mass is 32.2. The molecule has 9 nitrogen and oxygen atoms in total. The normalized spacial score (nSPS) is 17.8. The van der Waals surface area contributed by atoms with Gasteiger partial charge in [0.05, 0.1) is 11.8 Å². The predicted octanol–water partition coefficient (Wildman–Crippen LogP) is 1.59. The van der Waals surface area contributed by atoms with Gasteiger partial charge < -0.3 is 10.4 Å². The van der Waals surface area contributed by atoms with Gasteiger partial charge in [0.15, 0.2) is 0 Å². The summed E-state index contributed by atoms with van der Waals surface area (Å²) in [6.07, 6.45) is 0.580. The summed E-state index contributed by atoms with van der Waals surface area (Å²) in [4.78, 5) is 7.46. The molecule has 2 N–H and O–H groups in total. The summed E-state index contributed by atoms with van der Waals surface area (Å²) < 4.78 is 66.2. The van der Waals surface area contributed by atoms with Gasteiger partial charge in [-0.2, -0.15) is 22.6 Å². The Labute approximate surface area is 172 Å². The van der Waals surface area contributed by atoms with Crippen LogP contribution in [0.4, 0.5) is 19.1 Å². The van der Waals surface area contributed by atoms with Crippen LogP contribution in [0.2, 0.25) is 0 Å². The molecule has 2 aromatic heterocycles. The number of halogens is 3. The fourth-order valence-corrected chi connectivity index (χ4v) is 4.50. The first-order valence-electron chi connectivity index (χ1n) is 9.39. The van der Waals surface area contributed by atoms with Crippen LogP contribution in [0.5, 0.6) is 0 Å². The highest BCUT2D eigenvalue weighted by Crippen LogP contribution is 2.28. The molecule has 0 aromatic carbocycles. The van der Waals surface area contributed by atoms with Crippen LogP contribution in [0.3, 0.4) is 0 Å².